The van der Waals surface area contributed by atoms with E-state index in [1.165, 1.54) is 17.7 Å². The molecule has 25 heavy (non-hydrogen) atoms. The second-order valence-corrected chi connectivity index (χ2v) is 7.03. The van der Waals surface area contributed by atoms with Gasteiger partial charge in [0.15, 0.2) is 0 Å². The number of carbonyl (C=O) groups excluding carboxylic acids is 1. The zero-order valence-electron chi connectivity index (χ0n) is 14.0. The normalized spacial score (nSPS) is 19.8. The largest absolute Gasteiger partial charge is 0.353 e. The quantitative estimate of drug-likeness (QED) is 0.821. The lowest BCUT2D eigenvalue weighted by atomic mass is 10.1. The molecule has 0 aliphatic heterocycles. The van der Waals surface area contributed by atoms with Gasteiger partial charge < -0.3 is 10.6 Å². The van der Waals surface area contributed by atoms with Gasteiger partial charge in [-0.05, 0) is 48.6 Å². The smallest absolute Gasteiger partial charge is 0.224 e. The summed E-state index contributed by atoms with van der Waals surface area (Å²) in [5.74, 6) is -0.503. The van der Waals surface area contributed by atoms with Gasteiger partial charge in [0.1, 0.15) is 5.82 Å². The summed E-state index contributed by atoms with van der Waals surface area (Å²) in [5, 5.41) is 6.91. The number of hydrogen-bond acceptors (Lipinski definition) is 2. The molecular weight excluding hydrogens is 339 g/mol. The number of rotatable bonds is 6. The maximum atomic E-state index is 13.3. The van der Waals surface area contributed by atoms with Gasteiger partial charge in [0, 0.05) is 23.7 Å². The summed E-state index contributed by atoms with van der Waals surface area (Å²) in [4.78, 5) is 12.2. The van der Waals surface area contributed by atoms with Crippen molar-refractivity contribution < 1.29 is 9.18 Å². The van der Waals surface area contributed by atoms with Crippen LogP contribution < -0.4 is 10.6 Å². The lowest BCUT2D eigenvalue weighted by Gasteiger charge is -2.15. The van der Waals surface area contributed by atoms with Crippen LogP contribution in [0.5, 0.6) is 0 Å². The summed E-state index contributed by atoms with van der Waals surface area (Å²) in [7, 11) is 0. The van der Waals surface area contributed by atoms with E-state index < -0.39 is 5.82 Å². The van der Waals surface area contributed by atoms with E-state index >= 15 is 0 Å². The lowest BCUT2D eigenvalue weighted by Crippen LogP contribution is -2.36. The van der Waals surface area contributed by atoms with Gasteiger partial charge in [-0.15, -0.1) is 0 Å². The molecule has 0 spiro atoms. The number of nitrogens with one attached hydrogen (secondary N) is 2. The highest BCUT2D eigenvalue weighted by atomic mass is 35.5. The summed E-state index contributed by atoms with van der Waals surface area (Å²) in [5.41, 5.74) is 1.86. The Balaban J connectivity index is 1.43. The van der Waals surface area contributed by atoms with Crippen LogP contribution >= 0.6 is 11.6 Å². The Hall–Kier alpha value is -1.91. The van der Waals surface area contributed by atoms with Crippen molar-refractivity contribution in [2.45, 2.75) is 44.3 Å². The van der Waals surface area contributed by atoms with E-state index in [0.717, 1.165) is 25.8 Å². The van der Waals surface area contributed by atoms with Crippen molar-refractivity contribution in [2.75, 3.05) is 0 Å². The summed E-state index contributed by atoms with van der Waals surface area (Å²) in [6.45, 7) is 0.841. The Labute approximate surface area is 152 Å². The van der Waals surface area contributed by atoms with Crippen molar-refractivity contribution in [3.8, 4) is 0 Å². The van der Waals surface area contributed by atoms with Crippen LogP contribution in [0.2, 0.25) is 5.02 Å². The molecule has 132 valence electrons. The average molecular weight is 361 g/mol. The monoisotopic (exact) mass is 360 g/mol. The van der Waals surface area contributed by atoms with E-state index in [1.54, 1.807) is 6.07 Å². The van der Waals surface area contributed by atoms with E-state index in [-0.39, 0.29) is 18.4 Å². The maximum Gasteiger partial charge on any atom is 0.224 e. The van der Waals surface area contributed by atoms with Crippen LogP contribution in [-0.2, 0) is 17.8 Å². The fraction of sp³-hybridized carbons (Fsp3) is 0.350. The minimum absolute atomic E-state index is 0.0876. The molecule has 3 rings (SSSR count). The minimum atomic E-state index is -0.415. The van der Waals surface area contributed by atoms with E-state index in [1.807, 2.05) is 18.2 Å². The van der Waals surface area contributed by atoms with Crippen LogP contribution in [-0.4, -0.2) is 18.0 Å². The van der Waals surface area contributed by atoms with Gasteiger partial charge in [-0.2, -0.15) is 0 Å². The second kappa shape index (κ2) is 8.45. The molecule has 1 saturated carbocycles. The van der Waals surface area contributed by atoms with Gasteiger partial charge >= 0.3 is 0 Å². The zero-order valence-corrected chi connectivity index (χ0v) is 14.7. The average Bonchev–Trinajstić information content (AvgIpc) is 3.00. The standard InChI is InChI=1S/C20H22ClFN2O/c21-16-8-15(9-17(22)11-16)10-20(25)24-19-7-6-18(12-19)23-13-14-4-2-1-3-5-14/h1-5,8-9,11,18-19,23H,6-7,10,12-13H2,(H,24,25)/t18-,19-/m0/s1. The number of carbonyl (C=O) groups is 1. The van der Waals surface area contributed by atoms with Crippen LogP contribution in [0.15, 0.2) is 48.5 Å². The molecule has 1 aliphatic carbocycles. The SMILES string of the molecule is O=C(Cc1cc(F)cc(Cl)c1)N[C@H]1CC[C@H](NCc2ccccc2)C1. The number of benzene rings is 2. The Morgan fingerprint density at radius 3 is 2.60 bits per heavy atom. The molecule has 1 aliphatic rings. The first-order valence-electron chi connectivity index (χ1n) is 8.60. The molecule has 2 aromatic rings. The van der Waals surface area contributed by atoms with Crippen LogP contribution in [0.4, 0.5) is 4.39 Å². The summed E-state index contributed by atoms with van der Waals surface area (Å²) in [6.07, 6.45) is 3.07. The van der Waals surface area contributed by atoms with Crippen molar-refractivity contribution in [1.82, 2.24) is 10.6 Å². The number of amides is 1. The fourth-order valence-corrected chi connectivity index (χ4v) is 3.58. The minimum Gasteiger partial charge on any atom is -0.353 e. The van der Waals surface area contributed by atoms with Crippen molar-refractivity contribution in [2.24, 2.45) is 0 Å². The Kier molecular flexibility index (Phi) is 6.05. The molecule has 1 fully saturated rings. The molecule has 0 unspecified atom stereocenters. The molecule has 0 aromatic heterocycles. The van der Waals surface area contributed by atoms with E-state index in [0.29, 0.717) is 16.6 Å². The summed E-state index contributed by atoms with van der Waals surface area (Å²) in [6, 6.07) is 15.1. The molecule has 5 heteroatoms. The Morgan fingerprint density at radius 2 is 1.84 bits per heavy atom. The van der Waals surface area contributed by atoms with Gasteiger partial charge in [-0.25, -0.2) is 4.39 Å². The molecule has 2 aromatic carbocycles. The first kappa shape index (κ1) is 17.9. The highest BCUT2D eigenvalue weighted by Gasteiger charge is 2.25. The summed E-state index contributed by atoms with van der Waals surface area (Å²) < 4.78 is 13.3. The molecule has 0 heterocycles. The molecule has 2 atom stereocenters. The van der Waals surface area contributed by atoms with Gasteiger partial charge in [-0.1, -0.05) is 41.9 Å². The zero-order chi connectivity index (χ0) is 17.6. The first-order valence-corrected chi connectivity index (χ1v) is 8.98. The number of halogens is 2. The van der Waals surface area contributed by atoms with Gasteiger partial charge in [-0.3, -0.25) is 4.79 Å². The predicted octanol–water partition coefficient (Wildman–Crippen LogP) is 3.85. The van der Waals surface area contributed by atoms with Crippen LogP contribution in [0.1, 0.15) is 30.4 Å². The number of hydrogen-bond donors (Lipinski definition) is 2. The topological polar surface area (TPSA) is 41.1 Å². The lowest BCUT2D eigenvalue weighted by molar-refractivity contribution is -0.121. The molecule has 3 nitrogen and oxygen atoms in total. The highest BCUT2D eigenvalue weighted by molar-refractivity contribution is 6.30. The molecular formula is C20H22ClFN2O. The van der Waals surface area contributed by atoms with Gasteiger partial charge in [0.25, 0.3) is 0 Å². The maximum absolute atomic E-state index is 13.3. The third kappa shape index (κ3) is 5.55. The van der Waals surface area contributed by atoms with Crippen LogP contribution in [0.25, 0.3) is 0 Å². The third-order valence-corrected chi connectivity index (χ3v) is 4.74. The highest BCUT2D eigenvalue weighted by Crippen LogP contribution is 2.20. The Morgan fingerprint density at radius 1 is 1.08 bits per heavy atom. The molecule has 1 amide bonds. The summed E-state index contributed by atoms with van der Waals surface area (Å²) >= 11 is 5.83. The van der Waals surface area contributed by atoms with E-state index in [9.17, 15) is 9.18 Å². The van der Waals surface area contributed by atoms with Crippen LogP contribution in [0, 0.1) is 5.82 Å². The first-order chi connectivity index (χ1) is 12.1. The van der Waals surface area contributed by atoms with Crippen molar-refractivity contribution in [3.05, 3.63) is 70.5 Å². The molecule has 0 saturated heterocycles. The molecule has 0 bridgehead atoms. The second-order valence-electron chi connectivity index (χ2n) is 6.60. The Bertz CT molecular complexity index is 703. The molecule has 0 radical (unpaired) electrons. The van der Waals surface area contributed by atoms with Gasteiger partial charge in [0.2, 0.25) is 5.91 Å². The van der Waals surface area contributed by atoms with Crippen molar-refractivity contribution in [3.63, 3.8) is 0 Å². The van der Waals surface area contributed by atoms with Crippen LogP contribution in [0.3, 0.4) is 0 Å². The predicted molar refractivity (Wildman–Crippen MR) is 98.0 cm³/mol. The third-order valence-electron chi connectivity index (χ3n) is 4.52. The van der Waals surface area contributed by atoms with E-state index in [2.05, 4.69) is 22.8 Å². The molecule has 2 N–H and O–H groups in total. The van der Waals surface area contributed by atoms with E-state index in [4.69, 9.17) is 11.6 Å². The van der Waals surface area contributed by atoms with Gasteiger partial charge in [0.05, 0.1) is 6.42 Å². The fourth-order valence-electron chi connectivity index (χ4n) is 3.33. The van der Waals surface area contributed by atoms with Crippen molar-refractivity contribution >= 4 is 17.5 Å². The van der Waals surface area contributed by atoms with Crippen molar-refractivity contribution in [1.29, 1.82) is 0 Å².